The molecule has 0 amide bonds. The average molecular weight is 293 g/mol. The predicted octanol–water partition coefficient (Wildman–Crippen LogP) is 4.27. The summed E-state index contributed by atoms with van der Waals surface area (Å²) in [5.41, 5.74) is 0.674. The van der Waals surface area contributed by atoms with Crippen LogP contribution in [-0.4, -0.2) is 22.9 Å². The summed E-state index contributed by atoms with van der Waals surface area (Å²) in [4.78, 5) is 12.0. The van der Waals surface area contributed by atoms with Crippen LogP contribution in [0.4, 0.5) is 9.18 Å². The molecule has 0 aliphatic heterocycles. The number of rotatable bonds is 2. The Morgan fingerprint density at radius 1 is 1.29 bits per heavy atom. The molecule has 0 spiro atoms. The van der Waals surface area contributed by atoms with Crippen LogP contribution in [0.2, 0.25) is 0 Å². The Labute approximate surface area is 123 Å². The quantitative estimate of drug-likeness (QED) is 0.830. The first kappa shape index (κ1) is 15.4. The lowest BCUT2D eigenvalue weighted by Crippen LogP contribution is -2.23. The van der Waals surface area contributed by atoms with Crippen molar-refractivity contribution in [3.05, 3.63) is 29.7 Å². The Bertz CT molecular complexity index is 683. The molecule has 4 nitrogen and oxygen atoms in total. The molecule has 114 valence electrons. The van der Waals surface area contributed by atoms with Crippen LogP contribution in [0.1, 0.15) is 33.4 Å². The minimum atomic E-state index is -0.506. The molecule has 1 aromatic heterocycles. The fourth-order valence-corrected chi connectivity index (χ4v) is 2.19. The first-order chi connectivity index (χ1) is 9.73. The molecular weight excluding hydrogens is 273 g/mol. The fraction of sp³-hybridized carbons (Fsp3) is 0.438. The van der Waals surface area contributed by atoms with E-state index in [1.54, 1.807) is 26.0 Å². The topological polar surface area (TPSA) is 40.5 Å². The van der Waals surface area contributed by atoms with Crippen molar-refractivity contribution in [2.24, 2.45) is 0 Å². The molecule has 21 heavy (non-hydrogen) atoms. The van der Waals surface area contributed by atoms with E-state index in [4.69, 9.17) is 9.47 Å². The third-order valence-corrected chi connectivity index (χ3v) is 2.91. The molecule has 0 saturated heterocycles. The number of ether oxygens (including phenoxy) is 2. The van der Waals surface area contributed by atoms with Crippen molar-refractivity contribution in [2.45, 2.75) is 40.2 Å². The monoisotopic (exact) mass is 293 g/mol. The smallest absolute Gasteiger partial charge is 0.418 e. The van der Waals surface area contributed by atoms with Gasteiger partial charge >= 0.3 is 6.09 Å². The number of aromatic nitrogens is 1. The van der Waals surface area contributed by atoms with E-state index in [-0.39, 0.29) is 12.4 Å². The highest BCUT2D eigenvalue weighted by Gasteiger charge is 2.19. The summed E-state index contributed by atoms with van der Waals surface area (Å²) in [6, 6.07) is 4.72. The van der Waals surface area contributed by atoms with Gasteiger partial charge in [0.15, 0.2) is 11.6 Å². The van der Waals surface area contributed by atoms with Crippen LogP contribution in [0.15, 0.2) is 18.2 Å². The van der Waals surface area contributed by atoms with Crippen LogP contribution in [0.5, 0.6) is 5.75 Å². The Morgan fingerprint density at radius 3 is 2.52 bits per heavy atom. The second-order valence-electron chi connectivity index (χ2n) is 5.88. The summed E-state index contributed by atoms with van der Waals surface area (Å²) < 4.78 is 26.2. The number of fused-ring (bicyclic) bond motifs is 1. The van der Waals surface area contributed by atoms with E-state index in [2.05, 4.69) is 0 Å². The van der Waals surface area contributed by atoms with Gasteiger partial charge in [0.25, 0.3) is 0 Å². The minimum Gasteiger partial charge on any atom is -0.485 e. The van der Waals surface area contributed by atoms with Crippen molar-refractivity contribution < 1.29 is 18.7 Å². The van der Waals surface area contributed by atoms with Crippen LogP contribution >= 0.6 is 0 Å². The van der Waals surface area contributed by atoms with E-state index in [0.717, 1.165) is 5.39 Å². The molecule has 0 atom stereocenters. The number of aryl methyl sites for hydroxylation is 1. The van der Waals surface area contributed by atoms with Crippen LogP contribution < -0.4 is 4.74 Å². The zero-order valence-electron chi connectivity index (χ0n) is 13.0. The summed E-state index contributed by atoms with van der Waals surface area (Å²) in [6.07, 6.45) is -0.506. The standard InChI is InChI=1S/C16H20FNO3/c1-6-20-15(19)18-10(2)7-11-8-14(21-16(3,4)5)12(17)9-13(11)18/h7-9H,6H2,1-5H3. The first-order valence-electron chi connectivity index (χ1n) is 6.90. The van der Waals surface area contributed by atoms with Gasteiger partial charge in [-0.1, -0.05) is 0 Å². The molecule has 0 N–H and O–H groups in total. The second kappa shape index (κ2) is 5.39. The minimum absolute atomic E-state index is 0.177. The van der Waals surface area contributed by atoms with Crippen LogP contribution in [0.3, 0.4) is 0 Å². The van der Waals surface area contributed by atoms with Crippen LogP contribution in [0.25, 0.3) is 10.9 Å². The van der Waals surface area contributed by atoms with Gasteiger partial charge in [0, 0.05) is 17.1 Å². The SMILES string of the molecule is CCOC(=O)n1c(C)cc2cc(OC(C)(C)C)c(F)cc21. The number of halogens is 1. The molecule has 0 radical (unpaired) electrons. The number of nitrogens with zero attached hydrogens (tertiary/aromatic N) is 1. The predicted molar refractivity (Wildman–Crippen MR) is 79.4 cm³/mol. The van der Waals surface area contributed by atoms with Crippen molar-refractivity contribution in [3.8, 4) is 5.75 Å². The largest absolute Gasteiger partial charge is 0.485 e. The molecule has 1 heterocycles. The lowest BCUT2D eigenvalue weighted by atomic mass is 10.1. The van der Waals surface area contributed by atoms with Gasteiger partial charge in [-0.15, -0.1) is 0 Å². The molecule has 0 saturated carbocycles. The zero-order chi connectivity index (χ0) is 15.8. The summed E-state index contributed by atoms with van der Waals surface area (Å²) in [5.74, 6) is -0.322. The van der Waals surface area contributed by atoms with Gasteiger partial charge in [0.05, 0.1) is 12.1 Å². The van der Waals surface area contributed by atoms with Crippen molar-refractivity contribution in [2.75, 3.05) is 6.61 Å². The molecule has 0 bridgehead atoms. The van der Waals surface area contributed by atoms with E-state index in [1.807, 2.05) is 20.8 Å². The number of benzene rings is 1. The normalized spacial score (nSPS) is 11.7. The first-order valence-corrected chi connectivity index (χ1v) is 6.90. The number of carbonyl (C=O) groups is 1. The van der Waals surface area contributed by atoms with Gasteiger partial charge in [-0.3, -0.25) is 0 Å². The summed E-state index contributed by atoms with van der Waals surface area (Å²) in [6.45, 7) is 9.34. The molecule has 2 rings (SSSR count). The highest BCUT2D eigenvalue weighted by Crippen LogP contribution is 2.29. The lowest BCUT2D eigenvalue weighted by molar-refractivity contribution is 0.124. The van der Waals surface area contributed by atoms with E-state index < -0.39 is 17.5 Å². The average Bonchev–Trinajstić information content (AvgIpc) is 2.63. The number of hydrogen-bond acceptors (Lipinski definition) is 3. The maximum atomic E-state index is 14.2. The Hall–Kier alpha value is -2.04. The molecule has 1 aromatic carbocycles. The van der Waals surface area contributed by atoms with Gasteiger partial charge < -0.3 is 9.47 Å². The Morgan fingerprint density at radius 2 is 1.95 bits per heavy atom. The van der Waals surface area contributed by atoms with Gasteiger partial charge in [0.2, 0.25) is 0 Å². The summed E-state index contributed by atoms with van der Waals surface area (Å²) in [5, 5.41) is 0.737. The van der Waals surface area contributed by atoms with Gasteiger partial charge in [0.1, 0.15) is 5.60 Å². The number of carbonyl (C=O) groups excluding carboxylic acids is 1. The highest BCUT2D eigenvalue weighted by atomic mass is 19.1. The third-order valence-electron chi connectivity index (χ3n) is 2.91. The van der Waals surface area contributed by atoms with Gasteiger partial charge in [-0.2, -0.15) is 0 Å². The molecule has 0 fully saturated rings. The van der Waals surface area contributed by atoms with Crippen molar-refractivity contribution in [3.63, 3.8) is 0 Å². The zero-order valence-corrected chi connectivity index (χ0v) is 13.0. The molecule has 0 aliphatic carbocycles. The molecular formula is C16H20FNO3. The molecule has 5 heteroatoms. The Kier molecular flexibility index (Phi) is 3.94. The summed E-state index contributed by atoms with van der Waals surface area (Å²) >= 11 is 0. The third kappa shape index (κ3) is 3.17. The highest BCUT2D eigenvalue weighted by molar-refractivity contribution is 5.91. The van der Waals surface area contributed by atoms with Crippen LogP contribution in [0, 0.1) is 12.7 Å². The van der Waals surface area contributed by atoms with Crippen LogP contribution in [-0.2, 0) is 4.74 Å². The second-order valence-corrected chi connectivity index (χ2v) is 5.88. The van der Waals surface area contributed by atoms with E-state index in [1.165, 1.54) is 10.6 Å². The Balaban J connectivity index is 2.54. The maximum absolute atomic E-state index is 14.2. The maximum Gasteiger partial charge on any atom is 0.418 e. The lowest BCUT2D eigenvalue weighted by Gasteiger charge is -2.21. The van der Waals surface area contributed by atoms with E-state index in [9.17, 15) is 9.18 Å². The number of hydrogen-bond donors (Lipinski definition) is 0. The molecule has 2 aromatic rings. The summed E-state index contributed by atoms with van der Waals surface area (Å²) in [7, 11) is 0. The fourth-order valence-electron chi connectivity index (χ4n) is 2.19. The molecule has 0 unspecified atom stereocenters. The van der Waals surface area contributed by atoms with Crippen molar-refractivity contribution in [1.29, 1.82) is 0 Å². The van der Waals surface area contributed by atoms with Crippen molar-refractivity contribution in [1.82, 2.24) is 4.57 Å². The van der Waals surface area contributed by atoms with E-state index >= 15 is 0 Å². The molecule has 0 aliphatic rings. The van der Waals surface area contributed by atoms with Gasteiger partial charge in [-0.05, 0) is 46.8 Å². The van der Waals surface area contributed by atoms with Crippen molar-refractivity contribution >= 4 is 17.0 Å². The van der Waals surface area contributed by atoms with Gasteiger partial charge in [-0.25, -0.2) is 13.8 Å². The van der Waals surface area contributed by atoms with E-state index in [0.29, 0.717) is 11.2 Å².